The lowest BCUT2D eigenvalue weighted by Crippen LogP contribution is -2.45. The molecule has 18 heteroatoms. The van der Waals surface area contributed by atoms with Gasteiger partial charge in [0.05, 0.1) is 32.7 Å². The van der Waals surface area contributed by atoms with Gasteiger partial charge < -0.3 is 42.1 Å². The van der Waals surface area contributed by atoms with Crippen LogP contribution in [0, 0.1) is 0 Å². The molecule has 2 aliphatic rings. The number of hydrogen-bond donors (Lipinski definition) is 8. The van der Waals surface area contributed by atoms with Crippen LogP contribution in [0.2, 0.25) is 11.6 Å². The maximum absolute atomic E-state index is 11.0. The van der Waals surface area contributed by atoms with Gasteiger partial charge in [0.2, 0.25) is 0 Å². The highest BCUT2D eigenvalue weighted by atomic mass is 16.4. The Hall–Kier alpha value is -3.32. The summed E-state index contributed by atoms with van der Waals surface area (Å²) in [6.45, 7) is -2.13. The molecule has 10 N–H and O–H groups in total. The molecule has 2 saturated heterocycles. The van der Waals surface area contributed by atoms with Crippen molar-refractivity contribution >= 4 is 43.1 Å². The summed E-state index contributed by atoms with van der Waals surface area (Å²) in [6.07, 6.45) is 11.2. The minimum atomic E-state index is -1.24. The van der Waals surface area contributed by atoms with Gasteiger partial charge in [0.1, 0.15) is 13.3 Å². The zero-order valence-electron chi connectivity index (χ0n) is 26.4. The van der Waals surface area contributed by atoms with E-state index in [0.29, 0.717) is 13.0 Å². The molecule has 0 aliphatic carbocycles. The van der Waals surface area contributed by atoms with Gasteiger partial charge >= 0.3 is 35.8 Å². The zero-order valence-corrected chi connectivity index (χ0v) is 26.4. The summed E-state index contributed by atoms with van der Waals surface area (Å²) in [5, 5.41) is 52.4. The highest BCUT2D eigenvalue weighted by Crippen LogP contribution is 2.40. The van der Waals surface area contributed by atoms with Gasteiger partial charge in [-0.05, 0) is 19.4 Å². The molecule has 17 nitrogen and oxygen atoms in total. The zero-order chi connectivity index (χ0) is 35.1. The molecule has 2 bridgehead atoms. The van der Waals surface area contributed by atoms with E-state index in [1.54, 1.807) is 0 Å². The fraction of sp³-hybridized carbons (Fsp3) is 0.786. The minimum absolute atomic E-state index is 0.000836. The number of unbranched alkanes of at least 4 members (excludes halogenated alkanes) is 1. The van der Waals surface area contributed by atoms with Crippen molar-refractivity contribution in [3.63, 3.8) is 0 Å². The van der Waals surface area contributed by atoms with E-state index in [1.165, 1.54) is 43.4 Å². The van der Waals surface area contributed by atoms with Gasteiger partial charge in [0.25, 0.3) is 0 Å². The fourth-order valence-corrected chi connectivity index (χ4v) is 5.20. The molecule has 1 radical (unpaired) electrons. The number of fused-ring (bicyclic) bond motifs is 2. The number of rotatable bonds is 21. The van der Waals surface area contributed by atoms with Crippen molar-refractivity contribution in [1.82, 2.24) is 14.7 Å². The Kier molecular flexibility index (Phi) is 23.1. The molecule has 46 heavy (non-hydrogen) atoms. The molecular formula is C28H51BN5O12. The molecule has 2 aliphatic heterocycles. The SMILES string of the molecule is NCCCC[C@H](N)C(=O)O.O=C(O)CN(CCN(CC(=O)O)CC(=O)O)CCN(CC(=O)O)CC(=O)O.[B]1C2CCCC1CCC2. The monoisotopic (exact) mass is 660 g/mol. The molecule has 0 unspecified atom stereocenters. The van der Waals surface area contributed by atoms with Crippen LogP contribution in [0.4, 0.5) is 0 Å². The van der Waals surface area contributed by atoms with Crippen LogP contribution in [0.1, 0.15) is 57.8 Å². The maximum atomic E-state index is 11.0. The lowest BCUT2D eigenvalue weighted by molar-refractivity contribution is -0.143. The van der Waals surface area contributed by atoms with Crippen molar-refractivity contribution < 1.29 is 59.4 Å². The fourth-order valence-electron chi connectivity index (χ4n) is 5.20. The van der Waals surface area contributed by atoms with E-state index in [4.69, 9.17) is 42.1 Å². The number of carboxylic acids is 6. The van der Waals surface area contributed by atoms with Gasteiger partial charge in [-0.3, -0.25) is 43.5 Å². The maximum Gasteiger partial charge on any atom is 0.320 e. The van der Waals surface area contributed by atoms with Crippen LogP contribution in [-0.4, -0.2) is 160 Å². The summed E-state index contributed by atoms with van der Waals surface area (Å²) in [4.78, 5) is 67.7. The first-order chi connectivity index (χ1) is 21.6. The summed E-state index contributed by atoms with van der Waals surface area (Å²) in [5.74, 6) is -5.04. The largest absolute Gasteiger partial charge is 0.480 e. The van der Waals surface area contributed by atoms with Crippen molar-refractivity contribution in [3.8, 4) is 0 Å². The summed E-state index contributed by atoms with van der Waals surface area (Å²) in [7, 11) is 2.62. The van der Waals surface area contributed by atoms with Crippen molar-refractivity contribution in [3.05, 3.63) is 0 Å². The topological polar surface area (TPSA) is 286 Å². The first-order valence-electron chi connectivity index (χ1n) is 15.4. The molecule has 263 valence electrons. The Morgan fingerprint density at radius 2 is 0.913 bits per heavy atom. The van der Waals surface area contributed by atoms with E-state index in [-0.39, 0.29) is 26.2 Å². The summed E-state index contributed by atoms with van der Waals surface area (Å²) in [6, 6.07) is -0.716. The van der Waals surface area contributed by atoms with Crippen LogP contribution in [0.25, 0.3) is 0 Å². The van der Waals surface area contributed by atoms with Gasteiger partial charge in [-0.1, -0.05) is 56.6 Å². The molecule has 0 aromatic carbocycles. The van der Waals surface area contributed by atoms with Crippen molar-refractivity contribution in [2.75, 3.05) is 65.4 Å². The van der Waals surface area contributed by atoms with Crippen LogP contribution in [-0.2, 0) is 28.8 Å². The smallest absolute Gasteiger partial charge is 0.320 e. The second kappa shape index (κ2) is 24.9. The van der Waals surface area contributed by atoms with Crippen LogP contribution in [0.5, 0.6) is 0 Å². The van der Waals surface area contributed by atoms with Crippen LogP contribution in [0.15, 0.2) is 0 Å². The Balaban J connectivity index is 0.000000850. The van der Waals surface area contributed by atoms with E-state index in [1.807, 2.05) is 0 Å². The molecule has 0 amide bonds. The third kappa shape index (κ3) is 24.0. The summed E-state index contributed by atoms with van der Waals surface area (Å²) >= 11 is 0. The predicted octanol–water partition coefficient (Wildman–Crippen LogP) is -0.522. The molecular weight excluding hydrogens is 609 g/mol. The van der Waals surface area contributed by atoms with E-state index >= 15 is 0 Å². The van der Waals surface area contributed by atoms with Gasteiger partial charge in [-0.25, -0.2) is 0 Å². The second-order valence-corrected chi connectivity index (χ2v) is 11.5. The molecule has 0 saturated carbocycles. The number of nitrogens with zero attached hydrogens (tertiary/aromatic N) is 3. The Morgan fingerprint density at radius 1 is 0.587 bits per heavy atom. The molecule has 0 aromatic rings. The number of nitrogens with two attached hydrogens (primary N) is 2. The molecule has 2 heterocycles. The summed E-state index contributed by atoms with van der Waals surface area (Å²) < 4.78 is 0. The Labute approximate surface area is 269 Å². The molecule has 0 spiro atoms. The Morgan fingerprint density at radius 3 is 1.20 bits per heavy atom. The Bertz CT molecular complexity index is 868. The molecule has 0 aromatic heterocycles. The average Bonchev–Trinajstić information content (AvgIpc) is 2.93. The van der Waals surface area contributed by atoms with E-state index < -0.39 is 74.6 Å². The number of carbonyl (C=O) groups is 6. The van der Waals surface area contributed by atoms with Gasteiger partial charge in [-0.15, -0.1) is 0 Å². The van der Waals surface area contributed by atoms with Crippen LogP contribution < -0.4 is 11.5 Å². The lowest BCUT2D eigenvalue weighted by atomic mass is 9.44. The van der Waals surface area contributed by atoms with Crippen molar-refractivity contribution in [1.29, 1.82) is 0 Å². The highest BCUT2D eigenvalue weighted by molar-refractivity contribution is 6.40. The third-order valence-corrected chi connectivity index (χ3v) is 7.39. The minimum Gasteiger partial charge on any atom is -0.480 e. The van der Waals surface area contributed by atoms with E-state index in [2.05, 4.69) is 7.28 Å². The summed E-state index contributed by atoms with van der Waals surface area (Å²) in [5.41, 5.74) is 10.4. The van der Waals surface area contributed by atoms with Gasteiger partial charge in [-0.2, -0.15) is 0 Å². The lowest BCUT2D eigenvalue weighted by Gasteiger charge is -2.33. The van der Waals surface area contributed by atoms with Crippen molar-refractivity contribution in [2.45, 2.75) is 75.5 Å². The second-order valence-electron chi connectivity index (χ2n) is 11.5. The molecule has 2 fully saturated rings. The van der Waals surface area contributed by atoms with Gasteiger partial charge in [0.15, 0.2) is 0 Å². The number of hydrogen-bond acceptors (Lipinski definition) is 11. The normalized spacial score (nSPS) is 17.5. The predicted molar refractivity (Wildman–Crippen MR) is 167 cm³/mol. The number of aliphatic carboxylic acids is 6. The van der Waals surface area contributed by atoms with E-state index in [0.717, 1.165) is 34.3 Å². The van der Waals surface area contributed by atoms with Crippen molar-refractivity contribution in [2.24, 2.45) is 11.5 Å². The first-order valence-corrected chi connectivity index (χ1v) is 15.4. The molecule has 1 atom stereocenters. The van der Waals surface area contributed by atoms with Gasteiger partial charge in [0, 0.05) is 26.2 Å². The van der Waals surface area contributed by atoms with Crippen LogP contribution in [0.3, 0.4) is 0 Å². The quantitative estimate of drug-likeness (QED) is 0.0567. The third-order valence-electron chi connectivity index (χ3n) is 7.39. The van der Waals surface area contributed by atoms with E-state index in [9.17, 15) is 28.8 Å². The molecule has 2 rings (SSSR count). The highest BCUT2D eigenvalue weighted by Gasteiger charge is 2.26. The number of carboxylic acid groups (broad SMARTS) is 6. The standard InChI is InChI=1S/C14H23N3O10.C8H14B.C6H14N2O2/c18-10(19)5-15(1-3-16(6-11(20)21)7-12(22)23)2-4-17(8-13(24)25)9-14(26)27;1-3-7-5-2-6-8(4-1)9-7;7-4-2-1-3-5(8)6(9)10/h1-9H2,(H,18,19)(H,20,21)(H,22,23)(H,24,25)(H,26,27);7-8H,1-6H2;5H,1-4,7-8H2,(H,9,10)/t;;5-/m..0/s1. The average molecular weight is 661 g/mol. The van der Waals surface area contributed by atoms with Crippen LogP contribution >= 0.6 is 0 Å². The first kappa shape index (κ1) is 42.7.